The quantitative estimate of drug-likeness (QED) is 0.0190. The van der Waals surface area contributed by atoms with Gasteiger partial charge in [0.1, 0.15) is 55.4 Å². The summed E-state index contributed by atoms with van der Waals surface area (Å²) in [5.74, 6) is -0.971. The lowest BCUT2D eigenvalue weighted by atomic mass is 9.98. The van der Waals surface area contributed by atoms with Crippen molar-refractivity contribution in [3.8, 4) is 0 Å². The van der Waals surface area contributed by atoms with Gasteiger partial charge in [-0.3, -0.25) is 9.59 Å². The Morgan fingerprint density at radius 1 is 0.478 bits per heavy atom. The Balaban J connectivity index is 1.83. The summed E-state index contributed by atoms with van der Waals surface area (Å²) < 4.78 is 33.5. The molecule has 2 heterocycles. The van der Waals surface area contributed by atoms with Crippen LogP contribution in [-0.4, -0.2) is 142 Å². The highest BCUT2D eigenvalue weighted by Gasteiger charge is 2.47. The topological polar surface area (TPSA) is 231 Å². The van der Waals surface area contributed by atoms with Crippen LogP contribution in [0.1, 0.15) is 162 Å². The smallest absolute Gasteiger partial charge is 0.306 e. The fraction of sp³-hybridized carbons (Fsp3) is 0.769. The first kappa shape index (κ1) is 60.3. The first-order valence-electron chi connectivity index (χ1n) is 25.4. The van der Waals surface area contributed by atoms with Gasteiger partial charge in [0.2, 0.25) is 0 Å². The molecule has 0 aromatic heterocycles. The monoisotopic (exact) mass is 953 g/mol. The van der Waals surface area contributed by atoms with E-state index in [0.717, 1.165) is 89.9 Å². The highest BCUT2D eigenvalue weighted by Crippen LogP contribution is 2.26. The number of aliphatic hydroxyl groups excluding tert-OH is 7. The van der Waals surface area contributed by atoms with Crippen molar-refractivity contribution in [3.05, 3.63) is 60.8 Å². The molecule has 0 bridgehead atoms. The largest absolute Gasteiger partial charge is 0.462 e. The molecule has 0 radical (unpaired) electrons. The van der Waals surface area contributed by atoms with E-state index in [2.05, 4.69) is 74.6 Å². The number of carbonyl (C=O) groups is 2. The van der Waals surface area contributed by atoms with E-state index in [0.29, 0.717) is 12.8 Å². The third-order valence-corrected chi connectivity index (χ3v) is 11.7. The van der Waals surface area contributed by atoms with Gasteiger partial charge < -0.3 is 64.2 Å². The van der Waals surface area contributed by atoms with Crippen molar-refractivity contribution >= 4 is 11.9 Å². The SMILES string of the molecule is CCCC/C=C/C/C=C/CCCCCCCC(=O)O[C@@H](COC(=O)CCCCCC/C=C/C/C=C/C/C=C/CCCCC)CO[C@@H]1O[C@H](CO[C@@H]2O[C@H](CO)[C@H](O)C(O)C2O)[C@H](O)C(O)C1O. The predicted octanol–water partition coefficient (Wildman–Crippen LogP) is 6.88. The van der Waals surface area contributed by atoms with Crippen molar-refractivity contribution in [1.29, 1.82) is 0 Å². The van der Waals surface area contributed by atoms with Crippen molar-refractivity contribution in [1.82, 2.24) is 0 Å². The average molecular weight is 953 g/mol. The Morgan fingerprint density at radius 3 is 1.45 bits per heavy atom. The molecule has 0 spiro atoms. The molecule has 0 aliphatic carbocycles. The highest BCUT2D eigenvalue weighted by molar-refractivity contribution is 5.70. The average Bonchev–Trinajstić information content (AvgIpc) is 3.32. The fourth-order valence-electron chi connectivity index (χ4n) is 7.47. The second kappa shape index (κ2) is 39.0. The summed E-state index contributed by atoms with van der Waals surface area (Å²) in [4.78, 5) is 25.7. The number of hydrogen-bond acceptors (Lipinski definition) is 15. The summed E-state index contributed by atoms with van der Waals surface area (Å²) in [6, 6.07) is 0. The van der Waals surface area contributed by atoms with Gasteiger partial charge in [-0.25, -0.2) is 0 Å². The maximum atomic E-state index is 13.0. The lowest BCUT2D eigenvalue weighted by Crippen LogP contribution is -2.61. The number of carbonyl (C=O) groups excluding carboxylic acids is 2. The summed E-state index contributed by atoms with van der Waals surface area (Å²) in [5.41, 5.74) is 0. The minimum atomic E-state index is -1.77. The van der Waals surface area contributed by atoms with Crippen molar-refractivity contribution < 1.29 is 73.8 Å². The van der Waals surface area contributed by atoms with E-state index < -0.39 is 99.3 Å². The van der Waals surface area contributed by atoms with Gasteiger partial charge in [0.15, 0.2) is 18.7 Å². The Kier molecular flexibility index (Phi) is 35.1. The molecule has 4 unspecified atom stereocenters. The van der Waals surface area contributed by atoms with Crippen LogP contribution in [0.25, 0.3) is 0 Å². The van der Waals surface area contributed by atoms with E-state index in [-0.39, 0.29) is 19.4 Å². The second-order valence-corrected chi connectivity index (χ2v) is 17.6. The molecule has 2 fully saturated rings. The molecular weight excluding hydrogens is 865 g/mol. The molecule has 2 rings (SSSR count). The molecule has 7 N–H and O–H groups in total. The minimum absolute atomic E-state index is 0.141. The van der Waals surface area contributed by atoms with Gasteiger partial charge in [0.25, 0.3) is 0 Å². The minimum Gasteiger partial charge on any atom is -0.462 e. The Hall–Kier alpha value is -2.80. The zero-order valence-electron chi connectivity index (χ0n) is 40.6. The predicted molar refractivity (Wildman–Crippen MR) is 256 cm³/mol. The van der Waals surface area contributed by atoms with E-state index in [1.165, 1.54) is 32.1 Å². The fourth-order valence-corrected chi connectivity index (χ4v) is 7.47. The molecule has 2 aliphatic heterocycles. The summed E-state index contributed by atoms with van der Waals surface area (Å²) in [6.45, 7) is 2.46. The van der Waals surface area contributed by atoms with Gasteiger partial charge in [0.05, 0.1) is 19.8 Å². The van der Waals surface area contributed by atoms with Crippen molar-refractivity contribution in [2.75, 3.05) is 26.4 Å². The zero-order chi connectivity index (χ0) is 48.9. The molecule has 67 heavy (non-hydrogen) atoms. The molecule has 0 aromatic carbocycles. The molecule has 386 valence electrons. The Bertz CT molecular complexity index is 1400. The van der Waals surface area contributed by atoms with Gasteiger partial charge >= 0.3 is 11.9 Å². The highest BCUT2D eigenvalue weighted by atomic mass is 16.7. The molecule has 0 saturated carbocycles. The number of allylic oxidation sites excluding steroid dienone is 10. The molecule has 15 nitrogen and oxygen atoms in total. The summed E-state index contributed by atoms with van der Waals surface area (Å²) in [5, 5.41) is 72.0. The van der Waals surface area contributed by atoms with Crippen LogP contribution in [0, 0.1) is 0 Å². The van der Waals surface area contributed by atoms with Gasteiger partial charge in [-0.15, -0.1) is 0 Å². The standard InChI is InChI=1S/C52H88O15/c1-3-5-7-9-11-13-15-17-19-20-21-23-24-26-28-30-32-34-43(54)62-37-40(65-44(55)35-33-31-29-27-25-22-18-16-14-12-10-8-6-4-2)38-63-51-50(61)48(59)46(57)42(67-51)39-64-52-49(60)47(58)45(56)41(36-53)66-52/h10-13,16-19,21,23,40-42,45-53,56-61H,3-9,14-15,20,22,24-39H2,1-2H3/b12-10+,13-11+,18-16+,19-17+,23-21+/t40-,41+,42+,45-,46-,47?,48?,49?,50?,51+,52+/m0/s1. The van der Waals surface area contributed by atoms with Crippen LogP contribution < -0.4 is 0 Å². The number of aliphatic hydroxyl groups is 7. The second-order valence-electron chi connectivity index (χ2n) is 17.6. The van der Waals surface area contributed by atoms with Crippen LogP contribution in [0.15, 0.2) is 60.8 Å². The van der Waals surface area contributed by atoms with Crippen molar-refractivity contribution in [2.45, 2.75) is 229 Å². The molecule has 0 aromatic rings. The summed E-state index contributed by atoms with van der Waals surface area (Å²) in [7, 11) is 0. The van der Waals surface area contributed by atoms with E-state index in [1.807, 2.05) is 0 Å². The normalized spacial score (nSPS) is 26.5. The van der Waals surface area contributed by atoms with E-state index >= 15 is 0 Å². The number of esters is 2. The Labute approximate surface area is 400 Å². The molecule has 0 amide bonds. The maximum Gasteiger partial charge on any atom is 0.306 e. The summed E-state index contributed by atoms with van der Waals surface area (Å²) in [6.07, 6.45) is 26.7. The lowest BCUT2D eigenvalue weighted by molar-refractivity contribution is -0.332. The van der Waals surface area contributed by atoms with Crippen LogP contribution in [0.5, 0.6) is 0 Å². The number of ether oxygens (including phenoxy) is 6. The first-order chi connectivity index (χ1) is 32.5. The molecule has 11 atom stereocenters. The van der Waals surface area contributed by atoms with E-state index in [9.17, 15) is 45.3 Å². The lowest BCUT2D eigenvalue weighted by Gasteiger charge is -2.42. The summed E-state index contributed by atoms with van der Waals surface area (Å²) >= 11 is 0. The van der Waals surface area contributed by atoms with Gasteiger partial charge in [-0.1, -0.05) is 132 Å². The van der Waals surface area contributed by atoms with Crippen LogP contribution in [0.2, 0.25) is 0 Å². The van der Waals surface area contributed by atoms with Gasteiger partial charge in [-0.05, 0) is 77.0 Å². The van der Waals surface area contributed by atoms with Crippen LogP contribution in [0.3, 0.4) is 0 Å². The van der Waals surface area contributed by atoms with Gasteiger partial charge in [-0.2, -0.15) is 0 Å². The van der Waals surface area contributed by atoms with Crippen molar-refractivity contribution in [3.63, 3.8) is 0 Å². The van der Waals surface area contributed by atoms with Gasteiger partial charge in [0, 0.05) is 12.8 Å². The third-order valence-electron chi connectivity index (χ3n) is 11.7. The number of rotatable bonds is 38. The van der Waals surface area contributed by atoms with E-state index in [1.54, 1.807) is 0 Å². The van der Waals surface area contributed by atoms with Crippen LogP contribution in [0.4, 0.5) is 0 Å². The zero-order valence-corrected chi connectivity index (χ0v) is 40.6. The van der Waals surface area contributed by atoms with Crippen LogP contribution >= 0.6 is 0 Å². The van der Waals surface area contributed by atoms with Crippen LogP contribution in [-0.2, 0) is 38.0 Å². The number of unbranched alkanes of at least 4 members (excludes halogenated alkanes) is 14. The Morgan fingerprint density at radius 2 is 0.910 bits per heavy atom. The maximum absolute atomic E-state index is 13.0. The third kappa shape index (κ3) is 27.3. The van der Waals surface area contributed by atoms with Crippen molar-refractivity contribution in [2.24, 2.45) is 0 Å². The first-order valence-corrected chi connectivity index (χ1v) is 25.4. The molecular formula is C52H88O15. The molecule has 2 saturated heterocycles. The molecule has 2 aliphatic rings. The molecule has 15 heteroatoms. The number of hydrogen-bond donors (Lipinski definition) is 7. The van der Waals surface area contributed by atoms with E-state index in [4.69, 9.17) is 28.4 Å².